The van der Waals surface area contributed by atoms with Crippen molar-refractivity contribution in [3.8, 4) is 11.5 Å². The lowest BCUT2D eigenvalue weighted by Crippen LogP contribution is -1.99. The van der Waals surface area contributed by atoms with Crippen LogP contribution in [0.25, 0.3) is 0 Å². The topological polar surface area (TPSA) is 48.1 Å². The standard InChI is InChI=1S/C13H14N2OS/c1-17-12-4-2-11(3-5-12)16-13-6-7-15-9-10(13)8-14/h2-7,9H,8,14H2,1H3. The van der Waals surface area contributed by atoms with E-state index >= 15 is 0 Å². The third-order valence-corrected chi connectivity index (χ3v) is 3.11. The lowest BCUT2D eigenvalue weighted by molar-refractivity contribution is 0.475. The largest absolute Gasteiger partial charge is 0.457 e. The van der Waals surface area contributed by atoms with E-state index in [-0.39, 0.29) is 0 Å². The first kappa shape index (κ1) is 12.0. The minimum absolute atomic E-state index is 0.423. The Morgan fingerprint density at radius 2 is 2.00 bits per heavy atom. The van der Waals surface area contributed by atoms with E-state index in [1.807, 2.05) is 36.6 Å². The maximum atomic E-state index is 5.77. The van der Waals surface area contributed by atoms with Gasteiger partial charge in [0.05, 0.1) is 0 Å². The van der Waals surface area contributed by atoms with E-state index in [9.17, 15) is 0 Å². The molecule has 4 heteroatoms. The third kappa shape index (κ3) is 2.99. The van der Waals surface area contributed by atoms with Crippen LogP contribution in [0.4, 0.5) is 0 Å². The van der Waals surface area contributed by atoms with Crippen molar-refractivity contribution in [2.45, 2.75) is 11.4 Å². The molecular weight excluding hydrogens is 232 g/mol. The number of pyridine rings is 1. The summed E-state index contributed by atoms with van der Waals surface area (Å²) in [6.45, 7) is 0.423. The molecule has 0 fully saturated rings. The van der Waals surface area contributed by atoms with Crippen LogP contribution in [0.1, 0.15) is 5.56 Å². The second kappa shape index (κ2) is 5.70. The predicted octanol–water partition coefficient (Wildman–Crippen LogP) is 3.05. The molecule has 0 aliphatic heterocycles. The van der Waals surface area contributed by atoms with Crippen LogP contribution in [0.3, 0.4) is 0 Å². The Kier molecular flexibility index (Phi) is 4.01. The molecule has 88 valence electrons. The van der Waals surface area contributed by atoms with E-state index in [1.54, 1.807) is 24.2 Å². The maximum Gasteiger partial charge on any atom is 0.134 e. The van der Waals surface area contributed by atoms with Gasteiger partial charge in [0.1, 0.15) is 11.5 Å². The molecule has 17 heavy (non-hydrogen) atoms. The molecule has 2 N–H and O–H groups in total. The second-order valence-electron chi connectivity index (χ2n) is 3.47. The molecule has 0 spiro atoms. The molecule has 2 rings (SSSR count). The monoisotopic (exact) mass is 246 g/mol. The van der Waals surface area contributed by atoms with Gasteiger partial charge in [0.2, 0.25) is 0 Å². The minimum atomic E-state index is 0.423. The molecule has 0 radical (unpaired) electrons. The highest BCUT2D eigenvalue weighted by atomic mass is 32.2. The van der Waals surface area contributed by atoms with Crippen LogP contribution in [0.5, 0.6) is 11.5 Å². The average Bonchev–Trinajstić information content (AvgIpc) is 2.40. The van der Waals surface area contributed by atoms with Crippen molar-refractivity contribution >= 4 is 11.8 Å². The molecule has 0 atom stereocenters. The number of aromatic nitrogens is 1. The number of hydrogen-bond acceptors (Lipinski definition) is 4. The van der Waals surface area contributed by atoms with E-state index < -0.39 is 0 Å². The van der Waals surface area contributed by atoms with Gasteiger partial charge in [-0.2, -0.15) is 0 Å². The van der Waals surface area contributed by atoms with E-state index in [0.717, 1.165) is 17.1 Å². The highest BCUT2D eigenvalue weighted by Crippen LogP contribution is 2.26. The molecular formula is C13H14N2OS. The highest BCUT2D eigenvalue weighted by molar-refractivity contribution is 7.98. The van der Waals surface area contributed by atoms with Crippen LogP contribution in [0.2, 0.25) is 0 Å². The number of ether oxygens (including phenoxy) is 1. The van der Waals surface area contributed by atoms with Gasteiger partial charge in [-0.15, -0.1) is 11.8 Å². The zero-order valence-corrected chi connectivity index (χ0v) is 10.4. The fourth-order valence-electron chi connectivity index (χ4n) is 1.44. The molecule has 0 saturated carbocycles. The van der Waals surface area contributed by atoms with E-state index in [4.69, 9.17) is 10.5 Å². The molecule has 1 heterocycles. The zero-order chi connectivity index (χ0) is 12.1. The van der Waals surface area contributed by atoms with Gasteiger partial charge in [0.15, 0.2) is 0 Å². The minimum Gasteiger partial charge on any atom is -0.457 e. The maximum absolute atomic E-state index is 5.77. The average molecular weight is 246 g/mol. The first-order chi connectivity index (χ1) is 8.33. The van der Waals surface area contributed by atoms with Crippen molar-refractivity contribution in [2.24, 2.45) is 5.73 Å². The van der Waals surface area contributed by atoms with Gasteiger partial charge < -0.3 is 10.5 Å². The fourth-order valence-corrected chi connectivity index (χ4v) is 1.85. The van der Waals surface area contributed by atoms with Gasteiger partial charge in [-0.3, -0.25) is 4.98 Å². The van der Waals surface area contributed by atoms with E-state index in [1.165, 1.54) is 4.90 Å². The smallest absolute Gasteiger partial charge is 0.134 e. The number of benzene rings is 1. The summed E-state index contributed by atoms with van der Waals surface area (Å²) in [4.78, 5) is 5.24. The van der Waals surface area contributed by atoms with Gasteiger partial charge in [-0.1, -0.05) is 0 Å². The van der Waals surface area contributed by atoms with Gasteiger partial charge >= 0.3 is 0 Å². The number of hydrogen-bond donors (Lipinski definition) is 1. The molecule has 0 aliphatic rings. The van der Waals surface area contributed by atoms with Crippen molar-refractivity contribution < 1.29 is 4.74 Å². The van der Waals surface area contributed by atoms with Crippen molar-refractivity contribution in [3.63, 3.8) is 0 Å². The Morgan fingerprint density at radius 1 is 1.24 bits per heavy atom. The van der Waals surface area contributed by atoms with Crippen LogP contribution in [0.15, 0.2) is 47.6 Å². The molecule has 0 bridgehead atoms. The Morgan fingerprint density at radius 3 is 2.65 bits per heavy atom. The summed E-state index contributed by atoms with van der Waals surface area (Å²) in [6.07, 6.45) is 5.47. The van der Waals surface area contributed by atoms with Crippen LogP contribution in [-0.4, -0.2) is 11.2 Å². The number of rotatable bonds is 4. The quantitative estimate of drug-likeness (QED) is 0.842. The van der Waals surface area contributed by atoms with Crippen LogP contribution in [0, 0.1) is 0 Å². The summed E-state index contributed by atoms with van der Waals surface area (Å²) in [5, 5.41) is 0. The van der Waals surface area contributed by atoms with Crippen molar-refractivity contribution in [2.75, 3.05) is 6.26 Å². The van der Waals surface area contributed by atoms with Crippen molar-refractivity contribution in [1.82, 2.24) is 4.98 Å². The van der Waals surface area contributed by atoms with Crippen LogP contribution >= 0.6 is 11.8 Å². The van der Waals surface area contributed by atoms with Gasteiger partial charge in [-0.25, -0.2) is 0 Å². The van der Waals surface area contributed by atoms with Gasteiger partial charge in [0, 0.05) is 29.4 Å². The van der Waals surface area contributed by atoms with E-state index in [2.05, 4.69) is 4.98 Å². The normalized spacial score (nSPS) is 10.2. The molecule has 0 unspecified atom stereocenters. The number of nitrogens with two attached hydrogens (primary N) is 1. The Labute approximate surface area is 105 Å². The van der Waals surface area contributed by atoms with Crippen molar-refractivity contribution in [3.05, 3.63) is 48.3 Å². The number of thioether (sulfide) groups is 1. The van der Waals surface area contributed by atoms with Crippen LogP contribution in [-0.2, 0) is 6.54 Å². The zero-order valence-electron chi connectivity index (χ0n) is 9.59. The fraction of sp³-hybridized carbons (Fsp3) is 0.154. The van der Waals surface area contributed by atoms with Gasteiger partial charge in [0.25, 0.3) is 0 Å². The Bertz CT molecular complexity index is 485. The van der Waals surface area contributed by atoms with Crippen molar-refractivity contribution in [1.29, 1.82) is 0 Å². The molecule has 0 amide bonds. The molecule has 1 aromatic heterocycles. The summed E-state index contributed by atoms with van der Waals surface area (Å²) in [6, 6.07) is 9.79. The Balaban J connectivity index is 2.19. The van der Waals surface area contributed by atoms with E-state index in [0.29, 0.717) is 6.54 Å². The molecule has 0 aliphatic carbocycles. The summed E-state index contributed by atoms with van der Waals surface area (Å²) < 4.78 is 5.77. The molecule has 0 saturated heterocycles. The van der Waals surface area contributed by atoms with Crippen LogP contribution < -0.4 is 10.5 Å². The third-order valence-electron chi connectivity index (χ3n) is 2.37. The Hall–Kier alpha value is -1.52. The first-order valence-electron chi connectivity index (χ1n) is 5.28. The summed E-state index contributed by atoms with van der Waals surface area (Å²) in [5.74, 6) is 1.57. The molecule has 1 aromatic carbocycles. The summed E-state index contributed by atoms with van der Waals surface area (Å²) >= 11 is 1.71. The SMILES string of the molecule is CSc1ccc(Oc2ccncc2CN)cc1. The van der Waals surface area contributed by atoms with Gasteiger partial charge in [-0.05, 0) is 36.6 Å². The second-order valence-corrected chi connectivity index (χ2v) is 4.34. The molecule has 2 aromatic rings. The number of nitrogens with zero attached hydrogens (tertiary/aromatic N) is 1. The first-order valence-corrected chi connectivity index (χ1v) is 6.51. The summed E-state index contributed by atoms with van der Waals surface area (Å²) in [7, 11) is 0. The highest BCUT2D eigenvalue weighted by Gasteiger charge is 2.03. The predicted molar refractivity (Wildman–Crippen MR) is 70.4 cm³/mol. The lowest BCUT2D eigenvalue weighted by Gasteiger charge is -2.09. The lowest BCUT2D eigenvalue weighted by atomic mass is 10.2. The molecule has 3 nitrogen and oxygen atoms in total. The summed E-state index contributed by atoms with van der Waals surface area (Å²) in [5.41, 5.74) is 6.53.